The Morgan fingerprint density at radius 2 is 1.77 bits per heavy atom. The van der Waals surface area contributed by atoms with Crippen molar-refractivity contribution < 1.29 is 27.3 Å². The average Bonchev–Trinajstić information content (AvgIpc) is 2.74. The zero-order chi connectivity index (χ0) is 26.6. The number of sulfonamides is 1. The van der Waals surface area contributed by atoms with E-state index in [0.717, 1.165) is 17.2 Å². The molecule has 0 fully saturated rings. The van der Waals surface area contributed by atoms with Gasteiger partial charge in [-0.05, 0) is 39.8 Å². The second-order valence-electron chi connectivity index (χ2n) is 9.07. The van der Waals surface area contributed by atoms with Crippen molar-refractivity contribution in [3.63, 3.8) is 0 Å². The predicted molar refractivity (Wildman–Crippen MR) is 130 cm³/mol. The van der Waals surface area contributed by atoms with Crippen LogP contribution in [0.2, 0.25) is 0 Å². The minimum Gasteiger partial charge on any atom is -0.350 e. The molecule has 190 valence electrons. The van der Waals surface area contributed by atoms with Gasteiger partial charge in [0, 0.05) is 29.8 Å². The second-order valence-corrected chi connectivity index (χ2v) is 11.0. The molecule has 2 rings (SSSR count). The Balaban J connectivity index is 2.46. The van der Waals surface area contributed by atoms with Crippen LogP contribution in [0.25, 0.3) is 0 Å². The van der Waals surface area contributed by atoms with Gasteiger partial charge in [-0.2, -0.15) is 0 Å². The van der Waals surface area contributed by atoms with Crippen LogP contribution in [0.5, 0.6) is 0 Å². The number of carbonyl (C=O) groups is 2. The number of amides is 2. The molecule has 0 aliphatic rings. The number of halogens is 1. The van der Waals surface area contributed by atoms with Crippen molar-refractivity contribution in [2.75, 3.05) is 17.1 Å². The van der Waals surface area contributed by atoms with E-state index in [9.17, 15) is 32.5 Å². The van der Waals surface area contributed by atoms with Crippen molar-refractivity contribution in [3.05, 3.63) is 70.0 Å². The molecule has 0 spiro atoms. The van der Waals surface area contributed by atoms with Gasteiger partial charge in [0.05, 0.1) is 16.9 Å². The highest BCUT2D eigenvalue weighted by Crippen LogP contribution is 2.24. The van der Waals surface area contributed by atoms with Gasteiger partial charge in [-0.25, -0.2) is 12.8 Å². The van der Waals surface area contributed by atoms with Crippen LogP contribution in [0.4, 0.5) is 15.8 Å². The molecule has 0 aromatic heterocycles. The molecule has 1 atom stereocenters. The molecule has 2 amide bonds. The third-order valence-corrected chi connectivity index (χ3v) is 6.11. The van der Waals surface area contributed by atoms with Crippen LogP contribution in [0.15, 0.2) is 48.5 Å². The number of nitrogens with one attached hydrogen (secondary N) is 1. The summed E-state index contributed by atoms with van der Waals surface area (Å²) >= 11 is 0. The number of nitrogens with zero attached hydrogens (tertiary/aromatic N) is 3. The molecular weight excluding hydrogens is 479 g/mol. The maximum atomic E-state index is 14.4. The minimum absolute atomic E-state index is 0.0901. The fraction of sp³-hybridized carbons (Fsp3) is 0.391. The van der Waals surface area contributed by atoms with Gasteiger partial charge in [0.1, 0.15) is 18.4 Å². The first-order chi connectivity index (χ1) is 16.1. The Labute approximate surface area is 203 Å². The molecule has 0 unspecified atom stereocenters. The molecule has 0 aliphatic carbocycles. The number of rotatable bonds is 9. The number of anilines is 1. The molecular formula is C23H29FN4O6S. The Morgan fingerprint density at radius 3 is 2.31 bits per heavy atom. The number of carbonyl (C=O) groups excluding carboxylic acids is 2. The summed E-state index contributed by atoms with van der Waals surface area (Å²) in [5.41, 5.74) is -0.922. The molecule has 12 heteroatoms. The zero-order valence-corrected chi connectivity index (χ0v) is 21.0. The third kappa shape index (κ3) is 7.74. The van der Waals surface area contributed by atoms with E-state index in [-0.39, 0.29) is 23.5 Å². The number of non-ortho nitro benzene ring substituents is 1. The molecule has 0 bridgehead atoms. The highest BCUT2D eigenvalue weighted by Gasteiger charge is 2.32. The van der Waals surface area contributed by atoms with Crippen LogP contribution >= 0.6 is 0 Å². The predicted octanol–water partition coefficient (Wildman–Crippen LogP) is 2.83. The van der Waals surface area contributed by atoms with Gasteiger partial charge >= 0.3 is 0 Å². The second kappa shape index (κ2) is 10.8. The fourth-order valence-electron chi connectivity index (χ4n) is 3.24. The van der Waals surface area contributed by atoms with Crippen molar-refractivity contribution in [2.24, 2.45) is 0 Å². The summed E-state index contributed by atoms with van der Waals surface area (Å²) in [6.45, 7) is 5.69. The standard InChI is InChI=1S/C23H29FN4O6S/c1-16(22(30)25-23(2,3)4)26(14-17-9-6-7-12-20(17)24)21(29)15-27(35(5,33)34)18-10-8-11-19(13-18)28(31)32/h6-13,16H,14-15H2,1-5H3,(H,25,30)/t16-/m1/s1. The largest absolute Gasteiger partial charge is 0.350 e. The van der Waals surface area contributed by atoms with Gasteiger partial charge in [0.2, 0.25) is 21.8 Å². The van der Waals surface area contributed by atoms with Gasteiger partial charge in [0.25, 0.3) is 5.69 Å². The topological polar surface area (TPSA) is 130 Å². The number of hydrogen-bond donors (Lipinski definition) is 1. The van der Waals surface area contributed by atoms with Crippen LogP contribution in [0, 0.1) is 15.9 Å². The van der Waals surface area contributed by atoms with Crippen LogP contribution in [0.3, 0.4) is 0 Å². The van der Waals surface area contributed by atoms with Crippen molar-refractivity contribution in [2.45, 2.75) is 45.8 Å². The van der Waals surface area contributed by atoms with Gasteiger partial charge in [-0.3, -0.25) is 24.0 Å². The van der Waals surface area contributed by atoms with Gasteiger partial charge in [-0.15, -0.1) is 0 Å². The van der Waals surface area contributed by atoms with Gasteiger partial charge < -0.3 is 10.2 Å². The third-order valence-electron chi connectivity index (χ3n) is 4.97. The average molecular weight is 509 g/mol. The van der Waals surface area contributed by atoms with Gasteiger partial charge in [-0.1, -0.05) is 24.3 Å². The van der Waals surface area contributed by atoms with Crippen molar-refractivity contribution in [1.82, 2.24) is 10.2 Å². The SMILES string of the molecule is C[C@H](C(=O)NC(C)(C)C)N(Cc1ccccc1F)C(=O)CN(c1cccc([N+](=O)[O-])c1)S(C)(=O)=O. The molecule has 2 aromatic rings. The summed E-state index contributed by atoms with van der Waals surface area (Å²) in [6.07, 6.45) is 0.857. The Bertz CT molecular complexity index is 1210. The molecule has 10 nitrogen and oxygen atoms in total. The Hall–Kier alpha value is -3.54. The summed E-state index contributed by atoms with van der Waals surface area (Å²) in [6, 6.07) is 9.49. The summed E-state index contributed by atoms with van der Waals surface area (Å²) in [4.78, 5) is 37.8. The quantitative estimate of drug-likeness (QED) is 0.410. The number of nitro benzene ring substituents is 1. The number of nitro groups is 1. The summed E-state index contributed by atoms with van der Waals surface area (Å²) in [5.74, 6) is -1.89. The molecule has 2 aromatic carbocycles. The van der Waals surface area contributed by atoms with Crippen LogP contribution in [-0.4, -0.2) is 54.4 Å². The van der Waals surface area contributed by atoms with Crippen molar-refractivity contribution in [1.29, 1.82) is 0 Å². The van der Waals surface area contributed by atoms with E-state index < -0.39 is 50.7 Å². The van der Waals surface area contributed by atoms with E-state index in [2.05, 4.69) is 5.32 Å². The molecule has 0 heterocycles. The molecule has 0 saturated carbocycles. The normalized spacial score (nSPS) is 12.5. The number of hydrogen-bond acceptors (Lipinski definition) is 6. The summed E-state index contributed by atoms with van der Waals surface area (Å²) < 4.78 is 40.1. The highest BCUT2D eigenvalue weighted by atomic mass is 32.2. The van der Waals surface area contributed by atoms with Crippen LogP contribution in [-0.2, 0) is 26.2 Å². The Morgan fingerprint density at radius 1 is 1.14 bits per heavy atom. The van der Waals surface area contributed by atoms with E-state index in [1.165, 1.54) is 43.3 Å². The lowest BCUT2D eigenvalue weighted by Crippen LogP contribution is -2.54. The van der Waals surface area contributed by atoms with E-state index >= 15 is 0 Å². The van der Waals surface area contributed by atoms with E-state index in [1.54, 1.807) is 26.8 Å². The maximum absolute atomic E-state index is 14.4. The summed E-state index contributed by atoms with van der Waals surface area (Å²) in [7, 11) is -4.06. The van der Waals surface area contributed by atoms with Crippen molar-refractivity contribution >= 4 is 33.2 Å². The number of benzene rings is 2. The van der Waals surface area contributed by atoms with Gasteiger partial charge in [0.15, 0.2) is 0 Å². The molecule has 0 saturated heterocycles. The van der Waals surface area contributed by atoms with E-state index in [4.69, 9.17) is 0 Å². The molecule has 1 N–H and O–H groups in total. The summed E-state index contributed by atoms with van der Waals surface area (Å²) in [5, 5.41) is 13.9. The smallest absolute Gasteiger partial charge is 0.271 e. The first-order valence-electron chi connectivity index (χ1n) is 10.7. The first kappa shape index (κ1) is 27.7. The highest BCUT2D eigenvalue weighted by molar-refractivity contribution is 7.92. The maximum Gasteiger partial charge on any atom is 0.271 e. The lowest BCUT2D eigenvalue weighted by atomic mass is 10.1. The first-order valence-corrected chi connectivity index (χ1v) is 12.5. The van der Waals surface area contributed by atoms with Crippen LogP contribution < -0.4 is 9.62 Å². The lowest BCUT2D eigenvalue weighted by Gasteiger charge is -2.33. The van der Waals surface area contributed by atoms with E-state index in [1.807, 2.05) is 0 Å². The zero-order valence-electron chi connectivity index (χ0n) is 20.2. The monoisotopic (exact) mass is 508 g/mol. The van der Waals surface area contributed by atoms with Crippen LogP contribution in [0.1, 0.15) is 33.3 Å². The lowest BCUT2D eigenvalue weighted by molar-refractivity contribution is -0.384. The fourth-order valence-corrected chi connectivity index (χ4v) is 4.08. The molecule has 0 radical (unpaired) electrons. The molecule has 0 aliphatic heterocycles. The Kier molecular flexibility index (Phi) is 8.55. The molecule has 35 heavy (non-hydrogen) atoms. The van der Waals surface area contributed by atoms with Crippen molar-refractivity contribution in [3.8, 4) is 0 Å². The van der Waals surface area contributed by atoms with E-state index in [0.29, 0.717) is 4.31 Å². The minimum atomic E-state index is -4.06.